The molecule has 1 fully saturated rings. The van der Waals surface area contributed by atoms with Crippen LogP contribution in [0.3, 0.4) is 0 Å². The number of amides is 3. The predicted molar refractivity (Wildman–Crippen MR) is 131 cm³/mol. The number of carbonyl (C=O) groups is 2. The van der Waals surface area contributed by atoms with Crippen molar-refractivity contribution in [3.63, 3.8) is 0 Å². The number of fused-ring (bicyclic) bond motifs is 1. The molecule has 0 radical (unpaired) electrons. The van der Waals surface area contributed by atoms with Crippen LogP contribution in [0.1, 0.15) is 37.7 Å². The molecule has 0 unspecified atom stereocenters. The topological polar surface area (TPSA) is 95.2 Å². The summed E-state index contributed by atoms with van der Waals surface area (Å²) >= 11 is 5.94. The Balaban J connectivity index is 1.37. The van der Waals surface area contributed by atoms with Gasteiger partial charge in [-0.05, 0) is 67.3 Å². The van der Waals surface area contributed by atoms with Gasteiger partial charge in [-0.25, -0.2) is 4.79 Å². The summed E-state index contributed by atoms with van der Waals surface area (Å²) in [5.41, 5.74) is 1.86. The molecule has 1 saturated carbocycles. The maximum Gasteiger partial charge on any atom is 0.315 e. The number of hydrogen-bond acceptors (Lipinski definition) is 3. The molecule has 7 nitrogen and oxygen atoms in total. The Morgan fingerprint density at radius 2 is 1.85 bits per heavy atom. The molecule has 174 valence electrons. The van der Waals surface area contributed by atoms with Crippen molar-refractivity contribution in [3.8, 4) is 5.75 Å². The summed E-state index contributed by atoms with van der Waals surface area (Å²) in [4.78, 5) is 29.2. The van der Waals surface area contributed by atoms with Gasteiger partial charge in [0, 0.05) is 34.4 Å². The van der Waals surface area contributed by atoms with Crippen LogP contribution in [0.4, 0.5) is 10.5 Å². The molecular weight excluding hydrogens is 440 g/mol. The summed E-state index contributed by atoms with van der Waals surface area (Å²) in [6, 6.07) is 12.5. The first-order chi connectivity index (χ1) is 16.0. The molecule has 1 aliphatic carbocycles. The fourth-order valence-corrected chi connectivity index (χ4v) is 4.54. The molecule has 1 aromatic heterocycles. The lowest BCUT2D eigenvalue weighted by Gasteiger charge is -2.36. The zero-order valence-electron chi connectivity index (χ0n) is 18.7. The quantitative estimate of drug-likeness (QED) is 0.392. The van der Waals surface area contributed by atoms with Gasteiger partial charge >= 0.3 is 6.03 Å². The van der Waals surface area contributed by atoms with E-state index in [1.807, 2.05) is 24.4 Å². The van der Waals surface area contributed by atoms with Gasteiger partial charge in [0.05, 0.1) is 7.11 Å². The van der Waals surface area contributed by atoms with Gasteiger partial charge in [0.15, 0.2) is 0 Å². The standard InChI is InChI=1S/C25H29ClN4O3/c1-33-20-9-10-22-21(15-20)17(16-28-22)11-14-27-24(32)30-25(12-3-2-4-13-25)23(31)29-19-7-5-18(26)6-8-19/h5-10,15-16,28H,2-4,11-14H2,1H3,(H,29,31)(H2,27,30,32). The normalized spacial score (nSPS) is 15.1. The third kappa shape index (κ3) is 5.42. The van der Waals surface area contributed by atoms with E-state index in [1.54, 1.807) is 31.4 Å². The van der Waals surface area contributed by atoms with Gasteiger partial charge in [-0.15, -0.1) is 0 Å². The number of nitrogens with one attached hydrogen (secondary N) is 4. The first kappa shape index (κ1) is 23.0. The molecule has 4 rings (SSSR count). The van der Waals surface area contributed by atoms with E-state index in [-0.39, 0.29) is 11.9 Å². The van der Waals surface area contributed by atoms with Crippen molar-refractivity contribution >= 4 is 40.1 Å². The van der Waals surface area contributed by atoms with Gasteiger partial charge < -0.3 is 25.7 Å². The number of anilines is 1. The minimum atomic E-state index is -0.921. The Hall–Kier alpha value is -3.19. The van der Waals surface area contributed by atoms with Crippen molar-refractivity contribution < 1.29 is 14.3 Å². The van der Waals surface area contributed by atoms with E-state index in [9.17, 15) is 9.59 Å². The number of aromatic amines is 1. The maximum absolute atomic E-state index is 13.2. The van der Waals surface area contributed by atoms with E-state index < -0.39 is 5.54 Å². The average molecular weight is 469 g/mol. The minimum Gasteiger partial charge on any atom is -0.497 e. The highest BCUT2D eigenvalue weighted by Gasteiger charge is 2.40. The van der Waals surface area contributed by atoms with Gasteiger partial charge in [-0.1, -0.05) is 30.9 Å². The zero-order chi connectivity index (χ0) is 23.3. The molecule has 0 aliphatic heterocycles. The SMILES string of the molecule is COc1ccc2[nH]cc(CCNC(=O)NC3(C(=O)Nc4ccc(Cl)cc4)CCCCC3)c2c1. The van der Waals surface area contributed by atoms with Gasteiger partial charge in [-0.3, -0.25) is 4.79 Å². The lowest BCUT2D eigenvalue weighted by Crippen LogP contribution is -2.60. The van der Waals surface area contributed by atoms with Gasteiger partial charge in [0.2, 0.25) is 5.91 Å². The monoisotopic (exact) mass is 468 g/mol. The summed E-state index contributed by atoms with van der Waals surface area (Å²) < 4.78 is 5.32. The van der Waals surface area contributed by atoms with E-state index in [1.165, 1.54) is 0 Å². The number of halogens is 1. The van der Waals surface area contributed by atoms with Crippen LogP contribution in [0.15, 0.2) is 48.7 Å². The Labute approximate surface area is 198 Å². The molecule has 4 N–H and O–H groups in total. The molecule has 0 saturated heterocycles. The van der Waals surface area contributed by atoms with E-state index >= 15 is 0 Å². The van der Waals surface area contributed by atoms with Crippen LogP contribution in [-0.4, -0.2) is 36.1 Å². The number of urea groups is 1. The van der Waals surface area contributed by atoms with Crippen LogP contribution in [0, 0.1) is 0 Å². The molecule has 3 aromatic rings. The predicted octanol–water partition coefficient (Wildman–Crippen LogP) is 5.01. The maximum atomic E-state index is 13.2. The molecule has 0 atom stereocenters. The van der Waals surface area contributed by atoms with Crippen molar-refractivity contribution in [3.05, 3.63) is 59.2 Å². The Morgan fingerprint density at radius 3 is 2.58 bits per heavy atom. The molecule has 33 heavy (non-hydrogen) atoms. The van der Waals surface area contributed by atoms with Crippen molar-refractivity contribution in [2.45, 2.75) is 44.1 Å². The zero-order valence-corrected chi connectivity index (χ0v) is 19.4. The summed E-state index contributed by atoms with van der Waals surface area (Å²) in [7, 11) is 1.64. The van der Waals surface area contributed by atoms with E-state index in [4.69, 9.17) is 16.3 Å². The number of aromatic nitrogens is 1. The lowest BCUT2D eigenvalue weighted by molar-refractivity contribution is -0.123. The van der Waals surface area contributed by atoms with Crippen molar-refractivity contribution in [1.82, 2.24) is 15.6 Å². The number of ether oxygens (including phenoxy) is 1. The van der Waals surface area contributed by atoms with Crippen LogP contribution >= 0.6 is 11.6 Å². The Kier molecular flexibility index (Phi) is 7.08. The van der Waals surface area contributed by atoms with E-state index in [2.05, 4.69) is 20.9 Å². The van der Waals surface area contributed by atoms with Gasteiger partial charge in [-0.2, -0.15) is 0 Å². The third-order valence-electron chi connectivity index (χ3n) is 6.25. The number of rotatable bonds is 7. The highest BCUT2D eigenvalue weighted by molar-refractivity contribution is 6.30. The minimum absolute atomic E-state index is 0.191. The lowest BCUT2D eigenvalue weighted by atomic mass is 9.81. The first-order valence-corrected chi connectivity index (χ1v) is 11.6. The van der Waals surface area contributed by atoms with Crippen LogP contribution < -0.4 is 20.7 Å². The van der Waals surface area contributed by atoms with Gasteiger partial charge in [0.1, 0.15) is 11.3 Å². The fourth-order valence-electron chi connectivity index (χ4n) is 4.41. The number of methoxy groups -OCH3 is 1. The fraction of sp³-hybridized carbons (Fsp3) is 0.360. The highest BCUT2D eigenvalue weighted by atomic mass is 35.5. The second-order valence-electron chi connectivity index (χ2n) is 8.46. The molecule has 2 aromatic carbocycles. The van der Waals surface area contributed by atoms with E-state index in [0.29, 0.717) is 36.5 Å². The second kappa shape index (κ2) is 10.2. The largest absolute Gasteiger partial charge is 0.497 e. The number of carbonyl (C=O) groups excluding carboxylic acids is 2. The van der Waals surface area contributed by atoms with Crippen molar-refractivity contribution in [2.75, 3.05) is 19.0 Å². The van der Waals surface area contributed by atoms with Crippen LogP contribution in [0.2, 0.25) is 5.02 Å². The highest BCUT2D eigenvalue weighted by Crippen LogP contribution is 2.30. The van der Waals surface area contributed by atoms with Crippen LogP contribution in [0.25, 0.3) is 10.9 Å². The number of hydrogen-bond donors (Lipinski definition) is 4. The summed E-state index contributed by atoms with van der Waals surface area (Å²) in [5.74, 6) is 0.600. The third-order valence-corrected chi connectivity index (χ3v) is 6.50. The molecule has 0 bridgehead atoms. The van der Waals surface area contributed by atoms with Gasteiger partial charge in [0.25, 0.3) is 0 Å². The summed E-state index contributed by atoms with van der Waals surface area (Å²) in [5, 5.41) is 10.5. The molecule has 8 heteroatoms. The Morgan fingerprint density at radius 1 is 1.09 bits per heavy atom. The Bertz CT molecular complexity index is 1120. The summed E-state index contributed by atoms with van der Waals surface area (Å²) in [6.07, 6.45) is 6.68. The molecule has 1 heterocycles. The first-order valence-electron chi connectivity index (χ1n) is 11.3. The molecular formula is C25H29ClN4O3. The van der Waals surface area contributed by atoms with Crippen molar-refractivity contribution in [1.29, 1.82) is 0 Å². The number of H-pyrrole nitrogens is 1. The smallest absolute Gasteiger partial charge is 0.315 e. The van der Waals surface area contributed by atoms with Crippen molar-refractivity contribution in [2.24, 2.45) is 0 Å². The molecule has 1 aliphatic rings. The summed E-state index contributed by atoms with van der Waals surface area (Å²) in [6.45, 7) is 0.449. The van der Waals surface area contributed by atoms with Crippen LogP contribution in [0.5, 0.6) is 5.75 Å². The molecule has 0 spiro atoms. The molecule has 3 amide bonds. The average Bonchev–Trinajstić information content (AvgIpc) is 3.23. The van der Waals surface area contributed by atoms with E-state index in [0.717, 1.165) is 41.5 Å². The second-order valence-corrected chi connectivity index (χ2v) is 8.90. The van der Waals surface area contributed by atoms with Crippen LogP contribution in [-0.2, 0) is 11.2 Å². The number of benzene rings is 2.